The van der Waals surface area contributed by atoms with E-state index in [1.807, 2.05) is 133 Å². The summed E-state index contributed by atoms with van der Waals surface area (Å²) in [6, 6.07) is 41.3. The molecule has 64 heavy (non-hydrogen) atoms. The van der Waals surface area contributed by atoms with Gasteiger partial charge in [0.05, 0.1) is 76.7 Å². The van der Waals surface area contributed by atoms with Crippen LogP contribution in [0.5, 0.6) is 0 Å². The van der Waals surface area contributed by atoms with Crippen LogP contribution in [-0.4, -0.2) is 62.8 Å². The molecule has 0 saturated heterocycles. The van der Waals surface area contributed by atoms with Crippen LogP contribution >= 0.6 is 0 Å². The van der Waals surface area contributed by atoms with Crippen LogP contribution in [0.25, 0.3) is 43.6 Å². The summed E-state index contributed by atoms with van der Waals surface area (Å²) in [5, 5.41) is 3.34. The standard InChI is InChI=1S/C50H42N6O8/c1-61-47(57)53-27-35-9-5-6-10-36(35)28-54(48(58)62-2)40-18-15-33-22-34-16-20-42(26-46(34)52-45(33)25-40)56(50(60)64-4)30-38-12-8-7-11-37(38)29-55(49(59)63-3)41-19-14-32-21-31-13-17-39(53)23-43(31)51-44(32)24-41/h5-26H,27-30H2,1-4H3. The fourth-order valence-corrected chi connectivity index (χ4v) is 8.17. The summed E-state index contributed by atoms with van der Waals surface area (Å²) in [7, 11) is 5.32. The molecule has 1 aliphatic heterocycles. The summed E-state index contributed by atoms with van der Waals surface area (Å²) in [5.74, 6) is 0. The van der Waals surface area contributed by atoms with Crippen molar-refractivity contribution in [1.82, 2.24) is 9.97 Å². The third kappa shape index (κ3) is 7.88. The average Bonchev–Trinajstić information content (AvgIpc) is 3.33. The van der Waals surface area contributed by atoms with E-state index in [9.17, 15) is 19.2 Å². The quantitative estimate of drug-likeness (QED) is 0.107. The maximum Gasteiger partial charge on any atom is 0.414 e. The highest BCUT2D eigenvalue weighted by Crippen LogP contribution is 2.33. The zero-order valence-corrected chi connectivity index (χ0v) is 35.5. The lowest BCUT2D eigenvalue weighted by Crippen LogP contribution is -2.33. The van der Waals surface area contributed by atoms with Gasteiger partial charge in [0.25, 0.3) is 0 Å². The second kappa shape index (κ2) is 17.2. The summed E-state index contributed by atoms with van der Waals surface area (Å²) < 4.78 is 21.2. The number of hydrogen-bond acceptors (Lipinski definition) is 10. The maximum atomic E-state index is 13.6. The minimum atomic E-state index is -0.588. The molecule has 0 saturated carbocycles. The van der Waals surface area contributed by atoms with E-state index in [2.05, 4.69) is 0 Å². The van der Waals surface area contributed by atoms with Crippen LogP contribution in [0, 0.1) is 0 Å². The van der Waals surface area contributed by atoms with Crippen LogP contribution in [0.3, 0.4) is 0 Å². The molecule has 0 atom stereocenters. The molecule has 1 aliphatic rings. The molecule has 0 spiro atoms. The van der Waals surface area contributed by atoms with Gasteiger partial charge >= 0.3 is 24.4 Å². The molecular formula is C50H42N6O8. The van der Waals surface area contributed by atoms with E-state index in [-0.39, 0.29) is 26.2 Å². The van der Waals surface area contributed by atoms with Gasteiger partial charge in [0.2, 0.25) is 0 Å². The minimum absolute atomic E-state index is 0.104. The van der Waals surface area contributed by atoms with E-state index < -0.39 is 24.4 Å². The topological polar surface area (TPSA) is 144 Å². The Morgan fingerprint density at radius 3 is 0.812 bits per heavy atom. The molecule has 0 unspecified atom stereocenters. The Morgan fingerprint density at radius 2 is 0.594 bits per heavy atom. The van der Waals surface area contributed by atoms with Gasteiger partial charge in [-0.3, -0.25) is 19.6 Å². The largest absolute Gasteiger partial charge is 0.452 e. The molecule has 8 aromatic rings. The minimum Gasteiger partial charge on any atom is -0.452 e. The second-order valence-corrected chi connectivity index (χ2v) is 15.2. The van der Waals surface area contributed by atoms with E-state index in [0.29, 0.717) is 44.8 Å². The number of methoxy groups -OCH3 is 4. The van der Waals surface area contributed by atoms with Crippen LogP contribution in [0.4, 0.5) is 41.9 Å². The predicted molar refractivity (Wildman–Crippen MR) is 246 cm³/mol. The summed E-state index contributed by atoms with van der Waals surface area (Å²) in [6.45, 7) is 0.416. The van der Waals surface area contributed by atoms with E-state index in [4.69, 9.17) is 28.9 Å². The molecule has 0 fully saturated rings. The van der Waals surface area contributed by atoms with Crippen molar-refractivity contribution in [2.75, 3.05) is 48.0 Å². The van der Waals surface area contributed by atoms with Crippen LogP contribution in [0.2, 0.25) is 0 Å². The van der Waals surface area contributed by atoms with Gasteiger partial charge in [0.1, 0.15) is 0 Å². The zero-order chi connectivity index (χ0) is 44.5. The van der Waals surface area contributed by atoms with Crippen molar-refractivity contribution in [2.45, 2.75) is 26.2 Å². The van der Waals surface area contributed by atoms with Gasteiger partial charge in [-0.25, -0.2) is 29.1 Å². The molecule has 9 rings (SSSR count). The maximum absolute atomic E-state index is 13.6. The monoisotopic (exact) mass is 854 g/mol. The fourth-order valence-electron chi connectivity index (χ4n) is 8.17. The van der Waals surface area contributed by atoms with Crippen LogP contribution in [0.15, 0.2) is 133 Å². The second-order valence-electron chi connectivity index (χ2n) is 15.2. The fraction of sp³-hybridized carbons (Fsp3) is 0.160. The van der Waals surface area contributed by atoms with Gasteiger partial charge in [0.15, 0.2) is 0 Å². The Hall–Kier alpha value is -8.26. The van der Waals surface area contributed by atoms with Crippen molar-refractivity contribution in [3.63, 3.8) is 0 Å². The molecule has 4 amide bonds. The van der Waals surface area contributed by atoms with Gasteiger partial charge < -0.3 is 18.9 Å². The first-order chi connectivity index (χ1) is 31.1. The number of anilines is 4. The van der Waals surface area contributed by atoms with Crippen LogP contribution in [-0.2, 0) is 45.1 Å². The Labute approximate surface area is 367 Å². The van der Waals surface area contributed by atoms with Crippen molar-refractivity contribution in [3.8, 4) is 0 Å². The number of rotatable bonds is 0. The first-order valence-corrected chi connectivity index (χ1v) is 20.4. The lowest BCUT2D eigenvalue weighted by Gasteiger charge is -2.26. The van der Waals surface area contributed by atoms with E-state index >= 15 is 0 Å². The van der Waals surface area contributed by atoms with Crippen molar-refractivity contribution in [2.24, 2.45) is 0 Å². The number of carbonyl (C=O) groups is 4. The smallest absolute Gasteiger partial charge is 0.414 e. The molecule has 0 radical (unpaired) electrons. The molecule has 3 heterocycles. The molecule has 2 aromatic heterocycles. The van der Waals surface area contributed by atoms with Crippen molar-refractivity contribution < 1.29 is 38.1 Å². The van der Waals surface area contributed by atoms with Crippen LogP contribution < -0.4 is 19.6 Å². The Balaban J connectivity index is 1.24. The van der Waals surface area contributed by atoms with Gasteiger partial charge in [-0.05, 0) is 82.9 Å². The van der Waals surface area contributed by atoms with Gasteiger partial charge in [-0.2, -0.15) is 0 Å². The van der Waals surface area contributed by atoms with Gasteiger partial charge in [0, 0.05) is 44.3 Å². The predicted octanol–water partition coefficient (Wildman–Crippen LogP) is 10.5. The summed E-state index contributed by atoms with van der Waals surface area (Å²) in [4.78, 5) is 70.5. The lowest BCUT2D eigenvalue weighted by molar-refractivity contribution is 0.177. The SMILES string of the molecule is COC(=O)N1Cc2ccccc2CN(C(=O)OC)c2ccc3cc4ccc(cc4nc3c2)N(C(=O)OC)Cc2ccccc2CN(C(=O)OC)c2ccc3cc4ccc1cc4nc3c2. The number of fused-ring (bicyclic) bond motifs is 6. The van der Waals surface area contributed by atoms with Gasteiger partial charge in [-0.1, -0.05) is 72.8 Å². The number of amides is 4. The summed E-state index contributed by atoms with van der Waals surface area (Å²) in [6.07, 6.45) is -2.35. The molecule has 14 nitrogen and oxygen atoms in total. The number of benzene rings is 6. The number of carbonyl (C=O) groups excluding carboxylic acids is 4. The Morgan fingerprint density at radius 1 is 0.359 bits per heavy atom. The normalized spacial score (nSPS) is 13.2. The lowest BCUT2D eigenvalue weighted by atomic mass is 10.0. The number of nitrogens with zero attached hydrogens (tertiary/aromatic N) is 6. The van der Waals surface area contributed by atoms with Crippen molar-refractivity contribution >= 4 is 90.7 Å². The molecule has 6 aromatic carbocycles. The first-order valence-electron chi connectivity index (χ1n) is 20.4. The third-order valence-electron chi connectivity index (χ3n) is 11.5. The van der Waals surface area contributed by atoms with E-state index in [0.717, 1.165) is 43.8 Å². The molecule has 0 N–H and O–H groups in total. The zero-order valence-electron chi connectivity index (χ0n) is 35.5. The molecule has 14 heteroatoms. The Kier molecular flexibility index (Phi) is 11.1. The van der Waals surface area contributed by atoms with Crippen LogP contribution in [0.1, 0.15) is 22.3 Å². The number of aromatic nitrogens is 2. The third-order valence-corrected chi connectivity index (χ3v) is 11.5. The highest BCUT2D eigenvalue weighted by Gasteiger charge is 2.25. The first kappa shape index (κ1) is 41.1. The summed E-state index contributed by atoms with van der Waals surface area (Å²) >= 11 is 0. The average molecular weight is 855 g/mol. The highest BCUT2D eigenvalue weighted by molar-refractivity contribution is 6.00. The molecule has 8 bridgehead atoms. The number of ether oxygens (including phenoxy) is 4. The van der Waals surface area contributed by atoms with Crippen molar-refractivity contribution in [3.05, 3.63) is 156 Å². The number of pyridine rings is 2. The van der Waals surface area contributed by atoms with Crippen molar-refractivity contribution in [1.29, 1.82) is 0 Å². The molecule has 0 aliphatic carbocycles. The molecular weight excluding hydrogens is 813 g/mol. The molecule has 320 valence electrons. The van der Waals surface area contributed by atoms with E-state index in [1.165, 1.54) is 48.0 Å². The van der Waals surface area contributed by atoms with E-state index in [1.54, 1.807) is 0 Å². The summed E-state index contributed by atoms with van der Waals surface area (Å²) in [5.41, 5.74) is 7.60. The van der Waals surface area contributed by atoms with Gasteiger partial charge in [-0.15, -0.1) is 0 Å². The Bertz CT molecular complexity index is 2750. The highest BCUT2D eigenvalue weighted by atomic mass is 16.6. The number of hydrogen-bond donors (Lipinski definition) is 0.